The Labute approximate surface area is 105 Å². The zero-order valence-electron chi connectivity index (χ0n) is 9.06. The Hall–Kier alpha value is -0.810. The summed E-state index contributed by atoms with van der Waals surface area (Å²) in [5, 5.41) is 0. The third-order valence-electron chi connectivity index (χ3n) is 2.58. The molecule has 0 unspecified atom stereocenters. The van der Waals surface area contributed by atoms with Gasteiger partial charge in [-0.2, -0.15) is 11.8 Å². The van der Waals surface area contributed by atoms with E-state index in [-0.39, 0.29) is 0 Å². The molecule has 2 N–H and O–H groups in total. The number of anilines is 1. The summed E-state index contributed by atoms with van der Waals surface area (Å²) >= 11 is 6.98. The molecule has 1 aromatic rings. The lowest BCUT2D eigenvalue weighted by molar-refractivity contribution is 0.801. The van der Waals surface area contributed by atoms with E-state index < -0.39 is 0 Å². The summed E-state index contributed by atoms with van der Waals surface area (Å²) in [6.07, 6.45) is 2.99. The van der Waals surface area contributed by atoms with Gasteiger partial charge < -0.3 is 10.6 Å². The summed E-state index contributed by atoms with van der Waals surface area (Å²) in [7, 11) is 0. The van der Waals surface area contributed by atoms with Crippen LogP contribution in [0, 0.1) is 0 Å². The van der Waals surface area contributed by atoms with Gasteiger partial charge >= 0.3 is 0 Å². The lowest BCUT2D eigenvalue weighted by Crippen LogP contribution is -2.26. The molecule has 1 aromatic heterocycles. The van der Waals surface area contributed by atoms with E-state index in [0.29, 0.717) is 4.99 Å². The van der Waals surface area contributed by atoms with Crippen LogP contribution in [-0.4, -0.2) is 34.6 Å². The van der Waals surface area contributed by atoms with Gasteiger partial charge in [-0.25, -0.2) is 4.98 Å². The summed E-state index contributed by atoms with van der Waals surface area (Å²) in [6, 6.07) is 3.84. The van der Waals surface area contributed by atoms with Crippen molar-refractivity contribution in [1.29, 1.82) is 0 Å². The Bertz CT molecular complexity index is 373. The van der Waals surface area contributed by atoms with Crippen LogP contribution in [0.15, 0.2) is 18.3 Å². The van der Waals surface area contributed by atoms with Gasteiger partial charge in [-0.1, -0.05) is 12.2 Å². The van der Waals surface area contributed by atoms with Crippen LogP contribution in [0.25, 0.3) is 0 Å². The van der Waals surface area contributed by atoms with Crippen LogP contribution < -0.4 is 10.6 Å². The molecule has 1 aliphatic rings. The highest BCUT2D eigenvalue weighted by molar-refractivity contribution is 7.99. The van der Waals surface area contributed by atoms with Crippen molar-refractivity contribution < 1.29 is 0 Å². The summed E-state index contributed by atoms with van der Waals surface area (Å²) in [6.45, 7) is 2.12. The molecule has 0 radical (unpaired) electrons. The zero-order chi connectivity index (χ0) is 11.4. The minimum Gasteiger partial charge on any atom is -0.389 e. The van der Waals surface area contributed by atoms with Crippen molar-refractivity contribution in [2.45, 2.75) is 6.42 Å². The monoisotopic (exact) mass is 253 g/mol. The van der Waals surface area contributed by atoms with Gasteiger partial charge in [-0.3, -0.25) is 0 Å². The predicted molar refractivity (Wildman–Crippen MR) is 74.3 cm³/mol. The van der Waals surface area contributed by atoms with Gasteiger partial charge in [-0.15, -0.1) is 0 Å². The molecule has 1 aliphatic heterocycles. The molecule has 0 spiro atoms. The Balaban J connectivity index is 2.18. The first kappa shape index (κ1) is 11.7. The topological polar surface area (TPSA) is 42.1 Å². The molecule has 0 saturated carbocycles. The molecule has 1 fully saturated rings. The van der Waals surface area contributed by atoms with E-state index in [1.165, 1.54) is 17.9 Å². The van der Waals surface area contributed by atoms with Crippen molar-refractivity contribution in [2.24, 2.45) is 5.73 Å². The van der Waals surface area contributed by atoms with Crippen molar-refractivity contribution in [1.82, 2.24) is 4.98 Å². The first-order chi connectivity index (χ1) is 7.77. The second-order valence-electron chi connectivity index (χ2n) is 3.72. The summed E-state index contributed by atoms with van der Waals surface area (Å²) < 4.78 is 0. The smallest absolute Gasteiger partial charge is 0.129 e. The minimum absolute atomic E-state index is 0.438. The summed E-state index contributed by atoms with van der Waals surface area (Å²) in [5.74, 6) is 3.40. The molecule has 86 valence electrons. The zero-order valence-corrected chi connectivity index (χ0v) is 10.7. The highest BCUT2D eigenvalue weighted by Crippen LogP contribution is 2.17. The van der Waals surface area contributed by atoms with Gasteiger partial charge in [0.15, 0.2) is 0 Å². The Kier molecular flexibility index (Phi) is 4.01. The fraction of sp³-hybridized carbons (Fsp3) is 0.455. The van der Waals surface area contributed by atoms with Crippen LogP contribution in [-0.2, 0) is 0 Å². The minimum atomic E-state index is 0.438. The number of thioether (sulfide) groups is 1. The molecule has 5 heteroatoms. The van der Waals surface area contributed by atoms with Crippen LogP contribution in [0.2, 0.25) is 0 Å². The highest BCUT2D eigenvalue weighted by Gasteiger charge is 2.11. The molecule has 2 rings (SSSR count). The average Bonchev–Trinajstić information content (AvgIpc) is 2.57. The molecule has 16 heavy (non-hydrogen) atoms. The Morgan fingerprint density at radius 1 is 1.44 bits per heavy atom. The van der Waals surface area contributed by atoms with Gasteiger partial charge in [0.1, 0.15) is 10.8 Å². The summed E-state index contributed by atoms with van der Waals surface area (Å²) in [4.78, 5) is 7.13. The first-order valence-corrected chi connectivity index (χ1v) is 6.92. The quantitative estimate of drug-likeness (QED) is 0.812. The van der Waals surface area contributed by atoms with Crippen molar-refractivity contribution in [3.8, 4) is 0 Å². The SMILES string of the molecule is NC(=S)c1ccnc(N2CCCSCC2)c1. The number of nitrogens with two attached hydrogens (primary N) is 1. The van der Waals surface area contributed by atoms with Crippen molar-refractivity contribution in [3.63, 3.8) is 0 Å². The van der Waals surface area contributed by atoms with Gasteiger partial charge in [0.25, 0.3) is 0 Å². The molecular weight excluding hydrogens is 238 g/mol. The molecular formula is C11H15N3S2. The lowest BCUT2D eigenvalue weighted by atomic mass is 10.2. The van der Waals surface area contributed by atoms with Crippen LogP contribution in [0.5, 0.6) is 0 Å². The summed E-state index contributed by atoms with van der Waals surface area (Å²) in [5.41, 5.74) is 6.52. The largest absolute Gasteiger partial charge is 0.389 e. The number of rotatable bonds is 2. The number of pyridine rings is 1. The third-order valence-corrected chi connectivity index (χ3v) is 3.86. The van der Waals surface area contributed by atoms with Crippen LogP contribution in [0.1, 0.15) is 12.0 Å². The maximum atomic E-state index is 5.62. The molecule has 0 bridgehead atoms. The molecule has 0 aromatic carbocycles. The maximum absolute atomic E-state index is 5.62. The molecule has 0 aliphatic carbocycles. The molecule has 1 saturated heterocycles. The predicted octanol–water partition coefficient (Wildman–Crippen LogP) is 1.66. The third kappa shape index (κ3) is 2.86. The van der Waals surface area contributed by atoms with E-state index in [2.05, 4.69) is 9.88 Å². The van der Waals surface area contributed by atoms with Crippen molar-refractivity contribution >= 4 is 34.8 Å². The van der Waals surface area contributed by atoms with Gasteiger partial charge in [0, 0.05) is 30.6 Å². The van der Waals surface area contributed by atoms with Gasteiger partial charge in [-0.05, 0) is 24.3 Å². The van der Waals surface area contributed by atoms with Gasteiger partial charge in [0.2, 0.25) is 0 Å². The Morgan fingerprint density at radius 2 is 2.31 bits per heavy atom. The van der Waals surface area contributed by atoms with Crippen LogP contribution in [0.3, 0.4) is 0 Å². The second-order valence-corrected chi connectivity index (χ2v) is 5.38. The van der Waals surface area contributed by atoms with Gasteiger partial charge in [0.05, 0.1) is 0 Å². The van der Waals surface area contributed by atoms with E-state index in [9.17, 15) is 0 Å². The van der Waals surface area contributed by atoms with E-state index in [0.717, 1.165) is 24.5 Å². The van der Waals surface area contributed by atoms with Crippen LogP contribution in [0.4, 0.5) is 5.82 Å². The highest BCUT2D eigenvalue weighted by atomic mass is 32.2. The fourth-order valence-corrected chi connectivity index (χ4v) is 2.73. The van der Waals surface area contributed by atoms with E-state index >= 15 is 0 Å². The normalized spacial score (nSPS) is 16.9. The standard InChI is InChI=1S/C11H15N3S2/c12-11(15)9-2-3-13-10(8-9)14-4-1-6-16-7-5-14/h2-3,8H,1,4-7H2,(H2,12,15). The average molecular weight is 253 g/mol. The molecule has 0 amide bonds. The first-order valence-electron chi connectivity index (χ1n) is 5.36. The number of thiocarbonyl (C=S) groups is 1. The number of nitrogens with zero attached hydrogens (tertiary/aromatic N) is 2. The van der Waals surface area contributed by atoms with E-state index in [1.807, 2.05) is 23.9 Å². The number of aromatic nitrogens is 1. The Morgan fingerprint density at radius 3 is 3.12 bits per heavy atom. The lowest BCUT2D eigenvalue weighted by Gasteiger charge is -2.21. The second kappa shape index (κ2) is 5.50. The number of hydrogen-bond acceptors (Lipinski definition) is 4. The van der Waals surface area contributed by atoms with Crippen molar-refractivity contribution in [3.05, 3.63) is 23.9 Å². The van der Waals surface area contributed by atoms with Crippen LogP contribution >= 0.6 is 24.0 Å². The van der Waals surface area contributed by atoms with E-state index in [4.69, 9.17) is 18.0 Å². The molecule has 0 atom stereocenters. The van der Waals surface area contributed by atoms with E-state index in [1.54, 1.807) is 6.20 Å². The fourth-order valence-electron chi connectivity index (χ4n) is 1.72. The molecule has 2 heterocycles. The van der Waals surface area contributed by atoms with Crippen molar-refractivity contribution in [2.75, 3.05) is 29.5 Å². The molecule has 3 nitrogen and oxygen atoms in total. The maximum Gasteiger partial charge on any atom is 0.129 e. The number of hydrogen-bond donors (Lipinski definition) is 1.